The van der Waals surface area contributed by atoms with Crippen LogP contribution in [0.4, 0.5) is 5.69 Å². The van der Waals surface area contributed by atoms with Crippen molar-refractivity contribution < 1.29 is 9.53 Å². The second-order valence-electron chi connectivity index (χ2n) is 7.32. The fraction of sp³-hybridized carbons (Fsp3) is 0.632. The van der Waals surface area contributed by atoms with Crippen molar-refractivity contribution in [2.75, 3.05) is 19.0 Å². The minimum absolute atomic E-state index is 0.404. The summed E-state index contributed by atoms with van der Waals surface area (Å²) < 4.78 is 5.23. The molecule has 3 fully saturated rings. The number of rotatable bonds is 3. The van der Waals surface area contributed by atoms with Crippen molar-refractivity contribution in [1.29, 1.82) is 0 Å². The molecule has 2 heterocycles. The Morgan fingerprint density at radius 2 is 1.87 bits per heavy atom. The van der Waals surface area contributed by atoms with Gasteiger partial charge in [0.05, 0.1) is 7.11 Å². The molecule has 4 heteroatoms. The van der Waals surface area contributed by atoms with Gasteiger partial charge in [0.25, 0.3) is 0 Å². The Kier molecular flexibility index (Phi) is 3.92. The molecule has 3 aliphatic rings. The number of ether oxygens (including phenoxy) is 1. The van der Waals surface area contributed by atoms with Crippen molar-refractivity contribution in [2.24, 2.45) is 11.8 Å². The van der Waals surface area contributed by atoms with Gasteiger partial charge in [0.2, 0.25) is 5.91 Å². The molecular weight excluding hydrogens is 288 g/mol. The molecule has 4 nitrogen and oxygen atoms in total. The SMILES string of the molecule is COc1ccc(N[C@H]2C[C@H]3CCCC(=O)N4CC[C@@H](C2)[C@@H]34)cc1. The summed E-state index contributed by atoms with van der Waals surface area (Å²) in [7, 11) is 1.70. The number of carbonyl (C=O) groups is 1. The zero-order valence-corrected chi connectivity index (χ0v) is 13.8. The van der Waals surface area contributed by atoms with Crippen LogP contribution in [0.25, 0.3) is 0 Å². The number of anilines is 1. The number of nitrogens with one attached hydrogen (secondary N) is 1. The van der Waals surface area contributed by atoms with Gasteiger partial charge in [-0.1, -0.05) is 0 Å². The predicted octanol–water partition coefficient (Wildman–Crippen LogP) is 3.29. The molecule has 0 bridgehead atoms. The molecule has 1 N–H and O–H groups in total. The van der Waals surface area contributed by atoms with Crippen molar-refractivity contribution in [3.05, 3.63) is 24.3 Å². The Morgan fingerprint density at radius 3 is 2.61 bits per heavy atom. The van der Waals surface area contributed by atoms with E-state index in [4.69, 9.17) is 4.74 Å². The van der Waals surface area contributed by atoms with Crippen LogP contribution in [-0.4, -0.2) is 36.5 Å². The van der Waals surface area contributed by atoms with E-state index in [1.54, 1.807) is 7.11 Å². The number of hydrogen-bond donors (Lipinski definition) is 1. The summed E-state index contributed by atoms with van der Waals surface area (Å²) in [4.78, 5) is 14.5. The molecule has 2 saturated heterocycles. The van der Waals surface area contributed by atoms with Crippen LogP contribution in [0.3, 0.4) is 0 Å². The molecule has 1 saturated carbocycles. The summed E-state index contributed by atoms with van der Waals surface area (Å²) in [5.74, 6) is 2.67. The second kappa shape index (κ2) is 6.06. The Labute approximate surface area is 138 Å². The lowest BCUT2D eigenvalue weighted by molar-refractivity contribution is -0.132. The molecule has 1 aliphatic carbocycles. The highest BCUT2D eigenvalue weighted by Gasteiger charge is 2.47. The molecule has 0 aromatic heterocycles. The van der Waals surface area contributed by atoms with Crippen molar-refractivity contribution in [2.45, 2.75) is 50.6 Å². The number of carbonyl (C=O) groups excluding carboxylic acids is 1. The Hall–Kier alpha value is -1.71. The van der Waals surface area contributed by atoms with Crippen LogP contribution in [0.1, 0.15) is 38.5 Å². The molecule has 4 atom stereocenters. The van der Waals surface area contributed by atoms with Crippen molar-refractivity contribution >= 4 is 11.6 Å². The summed E-state index contributed by atoms with van der Waals surface area (Å²) >= 11 is 0. The van der Waals surface area contributed by atoms with E-state index < -0.39 is 0 Å². The zero-order chi connectivity index (χ0) is 15.8. The molecule has 0 spiro atoms. The molecule has 4 rings (SSSR count). The molecule has 0 radical (unpaired) electrons. The zero-order valence-electron chi connectivity index (χ0n) is 13.8. The maximum atomic E-state index is 12.3. The van der Waals surface area contributed by atoms with Gasteiger partial charge in [0, 0.05) is 30.7 Å². The first-order valence-corrected chi connectivity index (χ1v) is 8.94. The summed E-state index contributed by atoms with van der Waals surface area (Å²) in [6.45, 7) is 0.986. The third kappa shape index (κ3) is 2.79. The second-order valence-corrected chi connectivity index (χ2v) is 7.32. The first-order chi connectivity index (χ1) is 11.2. The minimum Gasteiger partial charge on any atom is -0.497 e. The number of hydrogen-bond acceptors (Lipinski definition) is 3. The van der Waals surface area contributed by atoms with Gasteiger partial charge in [-0.3, -0.25) is 4.79 Å². The van der Waals surface area contributed by atoms with Gasteiger partial charge in [0.15, 0.2) is 0 Å². The van der Waals surface area contributed by atoms with Gasteiger partial charge >= 0.3 is 0 Å². The molecule has 1 aromatic rings. The van der Waals surface area contributed by atoms with Gasteiger partial charge in [-0.25, -0.2) is 0 Å². The van der Waals surface area contributed by atoms with Crippen LogP contribution in [0.5, 0.6) is 5.75 Å². The highest BCUT2D eigenvalue weighted by Crippen LogP contribution is 2.44. The normalized spacial score (nSPS) is 33.1. The first kappa shape index (κ1) is 14.9. The minimum atomic E-state index is 0.404. The van der Waals surface area contributed by atoms with E-state index in [0.29, 0.717) is 29.8 Å². The molecule has 0 unspecified atom stereocenters. The number of methoxy groups -OCH3 is 1. The largest absolute Gasteiger partial charge is 0.497 e. The molecule has 1 amide bonds. The van der Waals surface area contributed by atoms with Crippen LogP contribution in [0, 0.1) is 11.8 Å². The molecule has 124 valence electrons. The maximum Gasteiger partial charge on any atom is 0.222 e. The lowest BCUT2D eigenvalue weighted by Crippen LogP contribution is -2.47. The van der Waals surface area contributed by atoms with E-state index >= 15 is 0 Å². The van der Waals surface area contributed by atoms with Crippen LogP contribution >= 0.6 is 0 Å². The average Bonchev–Trinajstić information content (AvgIpc) is 2.92. The predicted molar refractivity (Wildman–Crippen MR) is 90.6 cm³/mol. The highest BCUT2D eigenvalue weighted by atomic mass is 16.5. The topological polar surface area (TPSA) is 41.6 Å². The van der Waals surface area contributed by atoms with Crippen LogP contribution < -0.4 is 10.1 Å². The van der Waals surface area contributed by atoms with Gasteiger partial charge in [-0.05, 0) is 68.2 Å². The number of nitrogens with zero attached hydrogens (tertiary/aromatic N) is 1. The summed E-state index contributed by atoms with van der Waals surface area (Å²) in [6, 6.07) is 9.28. The van der Waals surface area contributed by atoms with Crippen LogP contribution in [0.15, 0.2) is 24.3 Å². The molecular formula is C19H26N2O2. The van der Waals surface area contributed by atoms with E-state index in [0.717, 1.165) is 25.1 Å². The average molecular weight is 314 g/mol. The third-order valence-electron chi connectivity index (χ3n) is 5.99. The number of amides is 1. The first-order valence-electron chi connectivity index (χ1n) is 8.94. The van der Waals surface area contributed by atoms with Crippen LogP contribution in [-0.2, 0) is 4.79 Å². The van der Waals surface area contributed by atoms with Crippen molar-refractivity contribution in [1.82, 2.24) is 4.90 Å². The van der Waals surface area contributed by atoms with Gasteiger partial charge in [0.1, 0.15) is 5.75 Å². The fourth-order valence-electron chi connectivity index (χ4n) is 5.02. The number of benzene rings is 1. The lowest BCUT2D eigenvalue weighted by Gasteiger charge is -2.41. The standard InChI is InChI=1S/C19H26N2O2/c1-23-17-7-5-15(6-8-17)20-16-11-13-3-2-4-18(22)21-10-9-14(12-16)19(13)21/h5-8,13-14,16,19-20H,2-4,9-12H2,1H3/t13-,14+,16+,19-/m1/s1. The van der Waals surface area contributed by atoms with E-state index in [9.17, 15) is 4.79 Å². The van der Waals surface area contributed by atoms with E-state index in [1.807, 2.05) is 12.1 Å². The summed E-state index contributed by atoms with van der Waals surface area (Å²) in [5, 5.41) is 3.72. The fourth-order valence-corrected chi connectivity index (χ4v) is 5.02. The maximum absolute atomic E-state index is 12.3. The Morgan fingerprint density at radius 1 is 1.13 bits per heavy atom. The monoisotopic (exact) mass is 314 g/mol. The Bertz CT molecular complexity index is 571. The van der Waals surface area contributed by atoms with E-state index in [1.165, 1.54) is 31.4 Å². The van der Waals surface area contributed by atoms with Crippen molar-refractivity contribution in [3.8, 4) is 5.75 Å². The summed E-state index contributed by atoms with van der Waals surface area (Å²) in [5.41, 5.74) is 1.17. The van der Waals surface area contributed by atoms with Gasteiger partial charge in [-0.2, -0.15) is 0 Å². The third-order valence-corrected chi connectivity index (χ3v) is 5.99. The summed E-state index contributed by atoms with van der Waals surface area (Å²) in [6.07, 6.45) is 6.61. The van der Waals surface area contributed by atoms with Gasteiger partial charge < -0.3 is 15.0 Å². The molecule has 1 aromatic carbocycles. The quantitative estimate of drug-likeness (QED) is 0.931. The highest BCUT2D eigenvalue weighted by molar-refractivity contribution is 5.77. The van der Waals surface area contributed by atoms with Crippen molar-refractivity contribution in [3.63, 3.8) is 0 Å². The van der Waals surface area contributed by atoms with E-state index in [-0.39, 0.29) is 0 Å². The van der Waals surface area contributed by atoms with Crippen LogP contribution in [0.2, 0.25) is 0 Å². The molecule has 23 heavy (non-hydrogen) atoms. The lowest BCUT2D eigenvalue weighted by atomic mass is 9.73. The molecule has 2 aliphatic heterocycles. The smallest absolute Gasteiger partial charge is 0.222 e. The Balaban J connectivity index is 1.47. The van der Waals surface area contributed by atoms with Gasteiger partial charge in [-0.15, -0.1) is 0 Å². The van der Waals surface area contributed by atoms with E-state index in [2.05, 4.69) is 22.3 Å².